The Morgan fingerprint density at radius 2 is 2.07 bits per heavy atom. The van der Waals surface area contributed by atoms with E-state index in [-0.39, 0.29) is 0 Å². The van der Waals surface area contributed by atoms with Crippen LogP contribution < -0.4 is 0 Å². The highest BCUT2D eigenvalue weighted by Gasteiger charge is 2.30. The monoisotopic (exact) mass is 208 g/mol. The summed E-state index contributed by atoms with van der Waals surface area (Å²) in [5, 5.41) is 8.78. The first-order valence-electron chi connectivity index (χ1n) is 5.81. The molecule has 0 unspecified atom stereocenters. The van der Waals surface area contributed by atoms with E-state index in [2.05, 4.69) is 0 Å². The molecule has 0 aromatic heterocycles. The van der Waals surface area contributed by atoms with Crippen LogP contribution in [0.5, 0.6) is 0 Å². The number of aliphatic hydroxyl groups excluding tert-OH is 1. The number of rotatable bonds is 3. The smallest absolute Gasteiger partial charge is 0.396 e. The van der Waals surface area contributed by atoms with Crippen LogP contribution in [0.2, 0.25) is 0 Å². The number of halogens is 3. The number of hydrogen-bond donors (Lipinski definition) is 1. The Morgan fingerprint density at radius 1 is 1.36 bits per heavy atom. The van der Waals surface area contributed by atoms with E-state index in [1.54, 1.807) is 0 Å². The van der Waals surface area contributed by atoms with Crippen molar-refractivity contribution in [3.63, 3.8) is 0 Å². The zero-order valence-electron chi connectivity index (χ0n) is 11.1. The average Bonchev–Trinajstić information content (AvgIpc) is 2.28. The van der Waals surface area contributed by atoms with Gasteiger partial charge in [0.1, 0.15) is 0 Å². The first-order valence-corrected chi connectivity index (χ1v) is 3.81. The molecule has 0 fully saturated rings. The molecule has 4 heteroatoms. The van der Waals surface area contributed by atoms with Gasteiger partial charge < -0.3 is 5.11 Å². The van der Waals surface area contributed by atoms with Gasteiger partial charge in [-0.25, -0.2) is 0 Å². The molecule has 0 radical (unpaired) electrons. The standard InChI is InChI=1S/C10H11F3O/c11-10(12,13)9-5-1-3-8(7-9)4-2-6-14/h1,3,5,7,14H,2,4,6H2/i2D2,4D2. The lowest BCUT2D eigenvalue weighted by Crippen LogP contribution is -2.05. The number of aliphatic hydroxyl groups is 1. The fraction of sp³-hybridized carbons (Fsp3) is 0.400. The van der Waals surface area contributed by atoms with Crippen LogP contribution in [0.25, 0.3) is 0 Å². The van der Waals surface area contributed by atoms with Crippen molar-refractivity contribution >= 4 is 0 Å². The number of hydrogen-bond acceptors (Lipinski definition) is 1. The lowest BCUT2D eigenvalue weighted by molar-refractivity contribution is -0.137. The number of alkyl halides is 3. The van der Waals surface area contributed by atoms with Crippen molar-refractivity contribution < 1.29 is 23.8 Å². The molecule has 0 aliphatic carbocycles. The number of aryl methyl sites for hydroxylation is 1. The van der Waals surface area contributed by atoms with Crippen molar-refractivity contribution in [2.24, 2.45) is 0 Å². The highest BCUT2D eigenvalue weighted by Crippen LogP contribution is 2.29. The molecule has 1 N–H and O–H groups in total. The van der Waals surface area contributed by atoms with E-state index < -0.39 is 36.7 Å². The molecule has 14 heavy (non-hydrogen) atoms. The van der Waals surface area contributed by atoms with E-state index in [1.165, 1.54) is 0 Å². The third-order valence-electron chi connectivity index (χ3n) is 1.50. The molecule has 0 bridgehead atoms. The SMILES string of the molecule is [2H]C([2H])(CO)C([2H])([2H])c1cccc(C(F)(F)F)c1. The lowest BCUT2D eigenvalue weighted by atomic mass is 10.1. The van der Waals surface area contributed by atoms with Crippen molar-refractivity contribution in [3.05, 3.63) is 35.4 Å². The van der Waals surface area contributed by atoms with Crippen molar-refractivity contribution in [3.8, 4) is 0 Å². The maximum atomic E-state index is 12.5. The third kappa shape index (κ3) is 3.03. The zero-order chi connectivity index (χ0) is 14.2. The second-order valence-electron chi connectivity index (χ2n) is 2.54. The van der Waals surface area contributed by atoms with Crippen LogP contribution in [-0.4, -0.2) is 11.7 Å². The molecule has 0 heterocycles. The minimum absolute atomic E-state index is 0.462. The zero-order valence-corrected chi connectivity index (χ0v) is 7.10. The first kappa shape index (κ1) is 6.45. The van der Waals surface area contributed by atoms with Gasteiger partial charge in [0.25, 0.3) is 0 Å². The molecule has 1 aromatic carbocycles. The van der Waals surface area contributed by atoms with E-state index in [1.807, 2.05) is 0 Å². The maximum Gasteiger partial charge on any atom is 0.416 e. The summed E-state index contributed by atoms with van der Waals surface area (Å²) in [7, 11) is 0. The quantitative estimate of drug-likeness (QED) is 0.809. The van der Waals surface area contributed by atoms with Gasteiger partial charge in [-0.05, 0) is 24.4 Å². The Balaban J connectivity index is 3.26. The van der Waals surface area contributed by atoms with Gasteiger partial charge in [0.15, 0.2) is 0 Å². The summed E-state index contributed by atoms with van der Waals surface area (Å²) < 4.78 is 67.1. The molecular formula is C10H11F3O. The highest BCUT2D eigenvalue weighted by atomic mass is 19.4. The van der Waals surface area contributed by atoms with Crippen LogP contribution in [0.4, 0.5) is 13.2 Å². The molecule has 0 atom stereocenters. The van der Waals surface area contributed by atoms with Crippen molar-refractivity contribution in [2.75, 3.05) is 6.61 Å². The van der Waals surface area contributed by atoms with Crippen molar-refractivity contribution in [2.45, 2.75) is 18.9 Å². The van der Waals surface area contributed by atoms with Crippen LogP contribution in [0.15, 0.2) is 24.3 Å². The summed E-state index contributed by atoms with van der Waals surface area (Å²) in [5.41, 5.74) is -1.52. The molecule has 0 saturated heterocycles. The van der Waals surface area contributed by atoms with Crippen molar-refractivity contribution in [1.82, 2.24) is 0 Å². The summed E-state index contributed by atoms with van der Waals surface area (Å²) in [6.07, 6.45) is -10.0. The van der Waals surface area contributed by atoms with Gasteiger partial charge in [-0.3, -0.25) is 0 Å². The van der Waals surface area contributed by atoms with Gasteiger partial charge >= 0.3 is 6.18 Å². The van der Waals surface area contributed by atoms with Crippen LogP contribution in [-0.2, 0) is 12.5 Å². The predicted molar refractivity (Wildman–Crippen MR) is 46.9 cm³/mol. The largest absolute Gasteiger partial charge is 0.416 e. The molecule has 0 aliphatic rings. The fourth-order valence-electron chi connectivity index (χ4n) is 0.915. The first-order chi connectivity index (χ1) is 8.02. The Labute approximate surface area is 85.8 Å². The van der Waals surface area contributed by atoms with Crippen LogP contribution in [0, 0.1) is 0 Å². The van der Waals surface area contributed by atoms with Crippen LogP contribution >= 0.6 is 0 Å². The highest BCUT2D eigenvalue weighted by molar-refractivity contribution is 5.25. The van der Waals surface area contributed by atoms with E-state index in [0.717, 1.165) is 18.2 Å². The molecule has 1 rings (SSSR count). The molecule has 1 nitrogen and oxygen atoms in total. The lowest BCUT2D eigenvalue weighted by Gasteiger charge is -2.07. The number of benzene rings is 1. The van der Waals surface area contributed by atoms with Crippen molar-refractivity contribution in [1.29, 1.82) is 0 Å². The molecule has 0 amide bonds. The normalized spacial score (nSPS) is 18.0. The summed E-state index contributed by atoms with van der Waals surface area (Å²) in [6.45, 7) is -1.13. The van der Waals surface area contributed by atoms with Gasteiger partial charge in [0.2, 0.25) is 0 Å². The van der Waals surface area contributed by atoms with Gasteiger partial charge in [-0.1, -0.05) is 18.2 Å². The van der Waals surface area contributed by atoms with Gasteiger partial charge in [0, 0.05) is 12.1 Å². The fourth-order valence-corrected chi connectivity index (χ4v) is 0.915. The maximum absolute atomic E-state index is 12.5. The van der Waals surface area contributed by atoms with Gasteiger partial charge in [-0.15, -0.1) is 0 Å². The second-order valence-corrected chi connectivity index (χ2v) is 2.54. The van der Waals surface area contributed by atoms with Gasteiger partial charge in [0.05, 0.1) is 5.56 Å². The molecule has 0 saturated carbocycles. The third-order valence-corrected chi connectivity index (χ3v) is 1.50. The minimum atomic E-state index is -4.63. The van der Waals surface area contributed by atoms with Crippen LogP contribution in [0.3, 0.4) is 0 Å². The molecular weight excluding hydrogens is 193 g/mol. The molecule has 1 aromatic rings. The Kier molecular flexibility index (Phi) is 2.06. The Hall–Kier alpha value is -1.03. The predicted octanol–water partition coefficient (Wildman–Crippen LogP) is 2.63. The second kappa shape index (κ2) is 4.46. The summed E-state index contributed by atoms with van der Waals surface area (Å²) in [5.74, 6) is 0. The molecule has 0 aliphatic heterocycles. The van der Waals surface area contributed by atoms with Gasteiger partial charge in [-0.2, -0.15) is 13.2 Å². The summed E-state index contributed by atoms with van der Waals surface area (Å²) in [6, 6.07) is 3.38. The Morgan fingerprint density at radius 3 is 2.64 bits per heavy atom. The Bertz CT molecular complexity index is 431. The summed E-state index contributed by atoms with van der Waals surface area (Å²) in [4.78, 5) is 0. The van der Waals surface area contributed by atoms with E-state index >= 15 is 0 Å². The molecule has 78 valence electrons. The molecule has 0 spiro atoms. The van der Waals surface area contributed by atoms with E-state index in [0.29, 0.717) is 6.07 Å². The van der Waals surface area contributed by atoms with E-state index in [4.69, 9.17) is 10.6 Å². The van der Waals surface area contributed by atoms with Crippen LogP contribution in [0.1, 0.15) is 23.0 Å². The topological polar surface area (TPSA) is 20.2 Å². The van der Waals surface area contributed by atoms with E-state index in [9.17, 15) is 13.2 Å². The average molecular weight is 208 g/mol. The minimum Gasteiger partial charge on any atom is -0.396 e. The summed E-state index contributed by atoms with van der Waals surface area (Å²) >= 11 is 0.